The lowest BCUT2D eigenvalue weighted by Crippen LogP contribution is -2.56. The van der Waals surface area contributed by atoms with Crippen molar-refractivity contribution in [1.29, 1.82) is 0 Å². The largest absolute Gasteiger partial charge is 0.497 e. The summed E-state index contributed by atoms with van der Waals surface area (Å²) in [5, 5.41) is 1.08. The van der Waals surface area contributed by atoms with E-state index < -0.39 is 0 Å². The summed E-state index contributed by atoms with van der Waals surface area (Å²) in [5.41, 5.74) is 2.12. The first-order valence-corrected chi connectivity index (χ1v) is 11.7. The maximum atomic E-state index is 6.83. The van der Waals surface area contributed by atoms with Gasteiger partial charge in [-0.25, -0.2) is 0 Å². The van der Waals surface area contributed by atoms with Crippen LogP contribution in [0.1, 0.15) is 37.9 Å². The van der Waals surface area contributed by atoms with Crippen LogP contribution in [0.15, 0.2) is 54.7 Å². The lowest BCUT2D eigenvalue weighted by atomic mass is 9.72. The predicted molar refractivity (Wildman–Crippen MR) is 127 cm³/mol. The summed E-state index contributed by atoms with van der Waals surface area (Å²) in [6.07, 6.45) is 5.48. The summed E-state index contributed by atoms with van der Waals surface area (Å²) in [6.45, 7) is 4.63. The van der Waals surface area contributed by atoms with Crippen LogP contribution < -0.4 is 14.2 Å². The molecule has 3 saturated heterocycles. The molecule has 1 unspecified atom stereocenters. The summed E-state index contributed by atoms with van der Waals surface area (Å²) in [6, 6.07) is 16.4. The molecule has 6 rings (SSSR count). The molecule has 0 spiro atoms. The van der Waals surface area contributed by atoms with Gasteiger partial charge in [0.15, 0.2) is 11.5 Å². The Morgan fingerprint density at radius 3 is 2.62 bits per heavy atom. The minimum atomic E-state index is -0.121. The maximum Gasteiger partial charge on any atom is 0.162 e. The van der Waals surface area contributed by atoms with Gasteiger partial charge in [0.25, 0.3) is 0 Å². The summed E-state index contributed by atoms with van der Waals surface area (Å²) in [4.78, 5) is 7.26. The highest BCUT2D eigenvalue weighted by atomic mass is 16.5. The Morgan fingerprint density at radius 2 is 1.91 bits per heavy atom. The molecule has 3 aliphatic heterocycles. The number of piperidine rings is 3. The molecule has 0 amide bonds. The van der Waals surface area contributed by atoms with Crippen molar-refractivity contribution in [2.75, 3.05) is 27.3 Å². The fourth-order valence-electron chi connectivity index (χ4n) is 5.68. The second-order valence-electron chi connectivity index (χ2n) is 8.99. The van der Waals surface area contributed by atoms with Gasteiger partial charge in [-0.2, -0.15) is 0 Å². The van der Waals surface area contributed by atoms with E-state index in [1.54, 1.807) is 14.2 Å². The minimum Gasteiger partial charge on any atom is -0.497 e. The molecule has 32 heavy (non-hydrogen) atoms. The molecule has 5 atom stereocenters. The molecule has 3 fully saturated rings. The molecule has 2 bridgehead atoms. The summed E-state index contributed by atoms with van der Waals surface area (Å²) >= 11 is 0. The zero-order valence-electron chi connectivity index (χ0n) is 19.2. The number of nitrogens with zero attached hydrogens (tertiary/aromatic N) is 2. The molecular formula is C27H32N2O3. The van der Waals surface area contributed by atoms with E-state index in [1.807, 2.05) is 42.6 Å². The zero-order valence-corrected chi connectivity index (χ0v) is 19.2. The van der Waals surface area contributed by atoms with Gasteiger partial charge in [-0.15, -0.1) is 0 Å². The van der Waals surface area contributed by atoms with E-state index in [1.165, 1.54) is 12.8 Å². The van der Waals surface area contributed by atoms with Crippen molar-refractivity contribution in [3.8, 4) is 17.2 Å². The molecule has 0 aliphatic carbocycles. The lowest BCUT2D eigenvalue weighted by molar-refractivity contribution is -0.0487. The molecule has 1 aromatic heterocycles. The van der Waals surface area contributed by atoms with Gasteiger partial charge in [-0.1, -0.05) is 25.5 Å². The summed E-state index contributed by atoms with van der Waals surface area (Å²) in [7, 11) is 3.40. The zero-order chi connectivity index (χ0) is 22.1. The van der Waals surface area contributed by atoms with E-state index in [0.29, 0.717) is 6.04 Å². The number of aromatic nitrogens is 1. The third-order valence-corrected chi connectivity index (χ3v) is 7.42. The molecule has 2 aromatic carbocycles. The average Bonchev–Trinajstić information content (AvgIpc) is 2.87. The van der Waals surface area contributed by atoms with Crippen LogP contribution >= 0.6 is 0 Å². The number of ether oxygens (including phenoxy) is 3. The van der Waals surface area contributed by atoms with Gasteiger partial charge in [0.2, 0.25) is 0 Å². The van der Waals surface area contributed by atoms with E-state index in [4.69, 9.17) is 14.2 Å². The van der Waals surface area contributed by atoms with Crippen LogP contribution in [0.25, 0.3) is 10.9 Å². The second-order valence-corrected chi connectivity index (χ2v) is 8.99. The van der Waals surface area contributed by atoms with Crippen molar-refractivity contribution >= 4 is 10.9 Å². The van der Waals surface area contributed by atoms with Gasteiger partial charge >= 0.3 is 0 Å². The third kappa shape index (κ3) is 3.79. The topological polar surface area (TPSA) is 43.8 Å². The van der Waals surface area contributed by atoms with Crippen LogP contribution in [0, 0.1) is 11.8 Å². The first-order valence-electron chi connectivity index (χ1n) is 11.7. The highest BCUT2D eigenvalue weighted by Crippen LogP contribution is 2.45. The second kappa shape index (κ2) is 8.99. The van der Waals surface area contributed by atoms with Crippen LogP contribution in [-0.2, 0) is 0 Å². The highest BCUT2D eigenvalue weighted by molar-refractivity contribution is 5.84. The fraction of sp³-hybridized carbons (Fsp3) is 0.444. The third-order valence-electron chi connectivity index (χ3n) is 7.42. The van der Waals surface area contributed by atoms with Crippen LogP contribution in [0.2, 0.25) is 0 Å². The van der Waals surface area contributed by atoms with Crippen LogP contribution in [0.5, 0.6) is 17.2 Å². The Morgan fingerprint density at radius 1 is 1.06 bits per heavy atom. The summed E-state index contributed by atoms with van der Waals surface area (Å²) in [5.74, 6) is 3.93. The van der Waals surface area contributed by atoms with Gasteiger partial charge in [0, 0.05) is 23.7 Å². The average molecular weight is 433 g/mol. The number of fused-ring (bicyclic) bond motifs is 4. The van der Waals surface area contributed by atoms with Crippen molar-refractivity contribution < 1.29 is 14.2 Å². The highest BCUT2D eigenvalue weighted by Gasteiger charge is 2.44. The Hall–Kier alpha value is -2.79. The predicted octanol–water partition coefficient (Wildman–Crippen LogP) is 5.49. The van der Waals surface area contributed by atoms with Gasteiger partial charge < -0.3 is 14.2 Å². The Bertz CT molecular complexity index is 1090. The van der Waals surface area contributed by atoms with Gasteiger partial charge in [-0.3, -0.25) is 9.88 Å². The molecule has 3 aromatic rings. The minimum absolute atomic E-state index is 0.121. The molecule has 4 heterocycles. The number of hydrogen-bond acceptors (Lipinski definition) is 5. The first-order chi connectivity index (χ1) is 15.7. The van der Waals surface area contributed by atoms with E-state index in [2.05, 4.69) is 28.9 Å². The smallest absolute Gasteiger partial charge is 0.162 e. The number of pyridine rings is 1. The van der Waals surface area contributed by atoms with E-state index in [-0.39, 0.29) is 6.10 Å². The van der Waals surface area contributed by atoms with Gasteiger partial charge in [0.05, 0.1) is 25.8 Å². The Kier molecular flexibility index (Phi) is 5.92. The molecule has 0 radical (unpaired) electrons. The molecule has 0 saturated carbocycles. The van der Waals surface area contributed by atoms with Crippen molar-refractivity contribution in [2.24, 2.45) is 11.8 Å². The molecular weight excluding hydrogens is 400 g/mol. The SMILES string of the molecule is CC[C@H]1CN2CC[C@H]1C[C@@H]2[C@@H](Oc1ccccc1OC)c1ccnc2ccc(OC)cc12. The lowest BCUT2D eigenvalue weighted by Gasteiger charge is -2.52. The first kappa shape index (κ1) is 21.1. The summed E-state index contributed by atoms with van der Waals surface area (Å²) < 4.78 is 18.0. The number of hydrogen-bond donors (Lipinski definition) is 0. The normalized spacial score (nSPS) is 25.5. The van der Waals surface area contributed by atoms with E-state index in [9.17, 15) is 0 Å². The van der Waals surface area contributed by atoms with E-state index in [0.717, 1.165) is 65.1 Å². The Balaban J connectivity index is 1.60. The maximum absolute atomic E-state index is 6.83. The quantitative estimate of drug-likeness (QED) is 0.494. The van der Waals surface area contributed by atoms with Crippen LogP contribution in [0.4, 0.5) is 0 Å². The fourth-order valence-corrected chi connectivity index (χ4v) is 5.68. The van der Waals surface area contributed by atoms with Crippen molar-refractivity contribution in [1.82, 2.24) is 9.88 Å². The molecule has 5 nitrogen and oxygen atoms in total. The standard InChI is InChI=1S/C27H32N2O3/c1-4-18-17-29-14-12-19(18)15-24(29)27(32-26-8-6-5-7-25(26)31-3)21-11-13-28-23-10-9-20(30-2)16-22(21)23/h5-11,13,16,18-19,24,27H,4,12,14-15,17H2,1-3H3/t18-,19-,24+,27-/m0/s1. The van der Waals surface area contributed by atoms with Gasteiger partial charge in [0.1, 0.15) is 11.9 Å². The van der Waals surface area contributed by atoms with Gasteiger partial charge in [-0.05, 0) is 67.6 Å². The van der Waals surface area contributed by atoms with Crippen molar-refractivity contribution in [3.05, 3.63) is 60.3 Å². The number of rotatable bonds is 7. The molecule has 0 N–H and O–H groups in total. The molecule has 168 valence electrons. The van der Waals surface area contributed by atoms with Crippen LogP contribution in [-0.4, -0.2) is 43.2 Å². The number of para-hydroxylation sites is 2. The van der Waals surface area contributed by atoms with Crippen molar-refractivity contribution in [2.45, 2.75) is 38.3 Å². The Labute approximate surface area is 190 Å². The van der Waals surface area contributed by atoms with E-state index >= 15 is 0 Å². The molecule has 3 aliphatic rings. The number of methoxy groups -OCH3 is 2. The van der Waals surface area contributed by atoms with Crippen molar-refractivity contribution in [3.63, 3.8) is 0 Å². The monoisotopic (exact) mass is 432 g/mol. The molecule has 5 heteroatoms. The number of benzene rings is 2. The van der Waals surface area contributed by atoms with Crippen LogP contribution in [0.3, 0.4) is 0 Å².